The number of ketones is 1. The first-order valence-corrected chi connectivity index (χ1v) is 11.5. The molecule has 0 atom stereocenters. The number of benzene rings is 4. The molecule has 0 aliphatic carbocycles. The van der Waals surface area contributed by atoms with Gasteiger partial charge in [0.2, 0.25) is 0 Å². The van der Waals surface area contributed by atoms with Gasteiger partial charge in [-0.05, 0) is 35.9 Å². The first-order chi connectivity index (χ1) is 19.4. The highest BCUT2D eigenvalue weighted by Gasteiger charge is 2.15. The lowest BCUT2D eigenvalue weighted by molar-refractivity contribution is -0.384. The zero-order valence-electron chi connectivity index (χ0n) is 21.1. The number of nitro benzene ring substituents is 1. The van der Waals surface area contributed by atoms with Gasteiger partial charge in [-0.15, -0.1) is 0 Å². The maximum Gasteiger partial charge on any atom is 0.338 e. The molecule has 3 N–H and O–H groups in total. The Bertz CT molecular complexity index is 1570. The quantitative estimate of drug-likeness (QED) is 0.138. The molecule has 0 unspecified atom stereocenters. The lowest BCUT2D eigenvalue weighted by Crippen LogP contribution is -2.02. The van der Waals surface area contributed by atoms with E-state index in [0.717, 1.165) is 17.7 Å². The third-order valence-electron chi connectivity index (χ3n) is 5.21. The van der Waals surface area contributed by atoms with Gasteiger partial charge in [0.15, 0.2) is 5.78 Å². The van der Waals surface area contributed by atoms with Crippen molar-refractivity contribution >= 4 is 35.5 Å². The number of aromatic carboxylic acids is 3. The monoisotopic (exact) mass is 559 g/mol. The van der Waals surface area contributed by atoms with Gasteiger partial charge in [0.1, 0.15) is 11.4 Å². The largest absolute Gasteiger partial charge is 0.478 e. The number of carboxylic acid groups (broad SMARTS) is 3. The van der Waals surface area contributed by atoms with E-state index in [1.807, 2.05) is 6.07 Å². The van der Waals surface area contributed by atoms with Gasteiger partial charge < -0.3 is 15.3 Å². The van der Waals surface area contributed by atoms with Crippen molar-refractivity contribution in [2.45, 2.75) is 0 Å². The van der Waals surface area contributed by atoms with Crippen molar-refractivity contribution in [1.82, 2.24) is 0 Å². The Morgan fingerprint density at radius 3 is 1.59 bits per heavy atom. The summed E-state index contributed by atoms with van der Waals surface area (Å²) in [5.41, 5.74) is 1.34. The Morgan fingerprint density at radius 2 is 1.15 bits per heavy atom. The molecule has 4 rings (SSSR count). The van der Waals surface area contributed by atoms with E-state index in [0.29, 0.717) is 22.8 Å². The fourth-order valence-corrected chi connectivity index (χ4v) is 3.07. The standard InChI is InChI=1S/C14H10O3.C9H8O2.C7H4FNO4/c15-13(10-4-2-1-3-5-10)11-6-8-12(9-7-11)14(16)17;1-2-7-3-5-8(6-4-7)9(10)11;8-6-2-1-4(9(12)13)3-5(6)7(10)11/h1-9H,(H,16,17);2-6H,1H2,(H,10,11);1-3H,(H,10,11). The molecule has 0 fully saturated rings. The third-order valence-corrected chi connectivity index (χ3v) is 5.21. The van der Waals surface area contributed by atoms with Gasteiger partial charge >= 0.3 is 17.9 Å². The second-order valence-corrected chi connectivity index (χ2v) is 7.94. The molecule has 4 aromatic carbocycles. The van der Waals surface area contributed by atoms with Gasteiger partial charge in [-0.25, -0.2) is 18.8 Å². The molecule has 10 nitrogen and oxygen atoms in total. The van der Waals surface area contributed by atoms with Crippen LogP contribution >= 0.6 is 0 Å². The average molecular weight is 560 g/mol. The molecule has 4 aromatic rings. The number of carbonyl (C=O) groups excluding carboxylic acids is 1. The van der Waals surface area contributed by atoms with Crippen molar-refractivity contribution in [3.05, 3.63) is 153 Å². The third kappa shape index (κ3) is 9.37. The van der Waals surface area contributed by atoms with E-state index in [9.17, 15) is 33.7 Å². The minimum atomic E-state index is -1.53. The Labute approximate surface area is 232 Å². The molecular formula is C30H22FNO9. The Morgan fingerprint density at radius 1 is 0.683 bits per heavy atom. The molecular weight excluding hydrogens is 537 g/mol. The summed E-state index contributed by atoms with van der Waals surface area (Å²) in [6, 6.07) is 23.7. The summed E-state index contributed by atoms with van der Waals surface area (Å²) in [7, 11) is 0. The molecule has 0 aliphatic heterocycles. The number of hydrogen-bond acceptors (Lipinski definition) is 6. The molecule has 11 heteroatoms. The van der Waals surface area contributed by atoms with Crippen molar-refractivity contribution in [3.8, 4) is 0 Å². The van der Waals surface area contributed by atoms with E-state index in [1.54, 1.807) is 54.6 Å². The molecule has 0 saturated heterocycles. The number of nitrogens with zero attached hydrogens (tertiary/aromatic N) is 1. The summed E-state index contributed by atoms with van der Waals surface area (Å²) in [4.78, 5) is 52.7. The van der Waals surface area contributed by atoms with E-state index < -0.39 is 39.9 Å². The maximum atomic E-state index is 12.7. The molecule has 0 bridgehead atoms. The fourth-order valence-electron chi connectivity index (χ4n) is 3.07. The van der Waals surface area contributed by atoms with Crippen molar-refractivity contribution in [2.24, 2.45) is 0 Å². The summed E-state index contributed by atoms with van der Waals surface area (Å²) in [6.07, 6.45) is 1.67. The highest BCUT2D eigenvalue weighted by molar-refractivity contribution is 6.09. The van der Waals surface area contributed by atoms with Crippen LogP contribution in [0.2, 0.25) is 0 Å². The zero-order valence-corrected chi connectivity index (χ0v) is 21.1. The predicted octanol–water partition coefficient (Wildman–Crippen LogP) is 6.08. The van der Waals surface area contributed by atoms with Gasteiger partial charge in [-0.3, -0.25) is 14.9 Å². The topological polar surface area (TPSA) is 172 Å². The van der Waals surface area contributed by atoms with Gasteiger partial charge in [0.25, 0.3) is 5.69 Å². The summed E-state index contributed by atoms with van der Waals surface area (Å²) in [5, 5.41) is 35.9. The summed E-state index contributed by atoms with van der Waals surface area (Å²) in [5.74, 6) is -4.52. The maximum absolute atomic E-state index is 12.7. The van der Waals surface area contributed by atoms with Crippen molar-refractivity contribution < 1.29 is 43.8 Å². The Hall–Kier alpha value is -5.97. The molecule has 0 amide bonds. The van der Waals surface area contributed by atoms with Crippen LogP contribution in [-0.4, -0.2) is 43.9 Å². The molecule has 41 heavy (non-hydrogen) atoms. The number of carbonyl (C=O) groups is 4. The molecule has 0 heterocycles. The first kappa shape index (κ1) is 31.2. The SMILES string of the molecule is C=Cc1ccc(C(=O)O)cc1.O=C(O)c1cc([N+](=O)[O-])ccc1F.O=C(O)c1ccc(C(=O)c2ccccc2)cc1. The number of nitro groups is 1. The normalized spacial score (nSPS) is 9.59. The van der Waals surface area contributed by atoms with Crippen LogP contribution in [0, 0.1) is 15.9 Å². The molecule has 0 spiro atoms. The van der Waals surface area contributed by atoms with E-state index in [-0.39, 0.29) is 11.3 Å². The van der Waals surface area contributed by atoms with Crippen molar-refractivity contribution in [3.63, 3.8) is 0 Å². The smallest absolute Gasteiger partial charge is 0.338 e. The van der Waals surface area contributed by atoms with E-state index >= 15 is 0 Å². The van der Waals surface area contributed by atoms with E-state index in [2.05, 4.69) is 6.58 Å². The van der Waals surface area contributed by atoms with Gasteiger partial charge in [0.05, 0.1) is 16.1 Å². The second kappa shape index (κ2) is 14.8. The predicted molar refractivity (Wildman–Crippen MR) is 147 cm³/mol. The number of carboxylic acids is 3. The summed E-state index contributed by atoms with van der Waals surface area (Å²) in [6.45, 7) is 3.56. The summed E-state index contributed by atoms with van der Waals surface area (Å²) >= 11 is 0. The molecule has 0 saturated carbocycles. The number of non-ortho nitro benzene ring substituents is 1. The number of hydrogen-bond donors (Lipinski definition) is 3. The van der Waals surface area contributed by atoms with Crippen LogP contribution in [-0.2, 0) is 0 Å². The van der Waals surface area contributed by atoms with Crippen LogP contribution in [0.25, 0.3) is 6.08 Å². The molecule has 0 radical (unpaired) electrons. The fraction of sp³-hybridized carbons (Fsp3) is 0. The zero-order chi connectivity index (χ0) is 30.5. The number of rotatable bonds is 7. The highest BCUT2D eigenvalue weighted by atomic mass is 19.1. The average Bonchev–Trinajstić information content (AvgIpc) is 2.98. The van der Waals surface area contributed by atoms with Gasteiger partial charge in [0, 0.05) is 23.3 Å². The van der Waals surface area contributed by atoms with Crippen molar-refractivity contribution in [1.29, 1.82) is 0 Å². The van der Waals surface area contributed by atoms with Gasteiger partial charge in [-0.1, -0.05) is 67.3 Å². The molecule has 0 aromatic heterocycles. The van der Waals surface area contributed by atoms with Crippen LogP contribution in [0.1, 0.15) is 52.6 Å². The van der Waals surface area contributed by atoms with Crippen LogP contribution in [0.4, 0.5) is 10.1 Å². The second-order valence-electron chi connectivity index (χ2n) is 7.94. The van der Waals surface area contributed by atoms with E-state index in [4.69, 9.17) is 15.3 Å². The lowest BCUT2D eigenvalue weighted by Gasteiger charge is -2.01. The van der Waals surface area contributed by atoms with Crippen LogP contribution in [0.5, 0.6) is 0 Å². The van der Waals surface area contributed by atoms with Crippen LogP contribution in [0.3, 0.4) is 0 Å². The Balaban J connectivity index is 0.000000221. The summed E-state index contributed by atoms with van der Waals surface area (Å²) < 4.78 is 12.7. The first-order valence-electron chi connectivity index (χ1n) is 11.5. The minimum absolute atomic E-state index is 0.109. The highest BCUT2D eigenvalue weighted by Crippen LogP contribution is 2.16. The Kier molecular flexibility index (Phi) is 11.3. The van der Waals surface area contributed by atoms with Crippen molar-refractivity contribution in [2.75, 3.05) is 0 Å². The van der Waals surface area contributed by atoms with E-state index in [1.165, 1.54) is 24.3 Å². The van der Waals surface area contributed by atoms with Crippen LogP contribution < -0.4 is 0 Å². The van der Waals surface area contributed by atoms with Gasteiger partial charge in [-0.2, -0.15) is 0 Å². The van der Waals surface area contributed by atoms with Crippen LogP contribution in [0.15, 0.2) is 104 Å². The number of halogens is 1. The molecule has 0 aliphatic rings. The molecule has 208 valence electrons. The minimum Gasteiger partial charge on any atom is -0.478 e. The lowest BCUT2D eigenvalue weighted by atomic mass is 10.0.